The molecule has 0 saturated carbocycles. The fourth-order valence-electron chi connectivity index (χ4n) is 9.42. The number of hydrogen-bond acceptors (Lipinski definition) is 1. The van der Waals surface area contributed by atoms with E-state index in [4.69, 9.17) is 0 Å². The molecule has 1 nitrogen and oxygen atoms in total. The molecule has 0 N–H and O–H groups in total. The number of allylic oxidation sites excluding steroid dienone is 5. The van der Waals surface area contributed by atoms with E-state index in [1.54, 1.807) is 11.1 Å². The first-order chi connectivity index (χ1) is 21.4. The van der Waals surface area contributed by atoms with Crippen molar-refractivity contribution in [1.82, 2.24) is 4.57 Å². The Labute approximate surface area is 262 Å². The van der Waals surface area contributed by atoms with Crippen LogP contribution in [-0.4, -0.2) is 4.57 Å². The molecular weight excluding hydrogens is 551 g/mol. The molecule has 0 atom stereocenters. The number of para-hydroxylation sites is 1. The number of hydrogen-bond donors (Lipinski definition) is 0. The summed E-state index contributed by atoms with van der Waals surface area (Å²) in [4.78, 5) is 1.53. The summed E-state index contributed by atoms with van der Waals surface area (Å²) in [6, 6.07) is 25.7. The maximum atomic E-state index is 2.63. The zero-order chi connectivity index (χ0) is 29.5. The summed E-state index contributed by atoms with van der Waals surface area (Å²) in [5.41, 5.74) is 17.2. The molecule has 6 aromatic rings. The lowest BCUT2D eigenvalue weighted by atomic mass is 9.74. The Morgan fingerprint density at radius 2 is 1.52 bits per heavy atom. The van der Waals surface area contributed by atoms with Crippen molar-refractivity contribution in [1.29, 1.82) is 0 Å². The van der Waals surface area contributed by atoms with Crippen molar-refractivity contribution in [2.45, 2.75) is 64.2 Å². The van der Waals surface area contributed by atoms with Gasteiger partial charge in [0.05, 0.1) is 11.0 Å². The highest BCUT2D eigenvalue weighted by atomic mass is 32.1. The number of rotatable bonds is 1. The second kappa shape index (κ2) is 8.31. The molecule has 0 spiro atoms. The topological polar surface area (TPSA) is 4.93 Å². The number of aromatic nitrogens is 1. The molecule has 0 fully saturated rings. The first-order valence-corrected chi connectivity index (χ1v) is 17.1. The first-order valence-electron chi connectivity index (χ1n) is 16.2. The lowest BCUT2D eigenvalue weighted by molar-refractivity contribution is 0.607. The van der Waals surface area contributed by atoms with E-state index < -0.39 is 0 Å². The molecule has 0 aliphatic heterocycles. The summed E-state index contributed by atoms with van der Waals surface area (Å²) in [6.07, 6.45) is 14.1. The van der Waals surface area contributed by atoms with E-state index in [-0.39, 0.29) is 10.8 Å². The van der Waals surface area contributed by atoms with Gasteiger partial charge in [0, 0.05) is 42.3 Å². The van der Waals surface area contributed by atoms with E-state index in [0.29, 0.717) is 0 Å². The van der Waals surface area contributed by atoms with Crippen LogP contribution in [-0.2, 0) is 17.3 Å². The van der Waals surface area contributed by atoms with Gasteiger partial charge in [0.15, 0.2) is 0 Å². The number of nitrogens with zero attached hydrogens (tertiary/aromatic N) is 1. The lowest BCUT2D eigenvalue weighted by Gasteiger charge is -2.29. The molecule has 10 rings (SSSR count). The molecule has 4 aromatic carbocycles. The first kappa shape index (κ1) is 25.2. The van der Waals surface area contributed by atoms with Crippen LogP contribution in [0, 0.1) is 0 Å². The van der Waals surface area contributed by atoms with E-state index in [9.17, 15) is 0 Å². The maximum absolute atomic E-state index is 2.63. The normalized spacial score (nSPS) is 18.6. The minimum absolute atomic E-state index is 0.0224. The molecule has 0 amide bonds. The Bertz CT molecular complexity index is 2380. The Morgan fingerprint density at radius 1 is 0.727 bits per heavy atom. The van der Waals surface area contributed by atoms with Gasteiger partial charge in [0.25, 0.3) is 0 Å². The largest absolute Gasteiger partial charge is 0.309 e. The van der Waals surface area contributed by atoms with E-state index in [0.717, 1.165) is 25.7 Å². The zero-order valence-corrected chi connectivity index (χ0v) is 26.7. The molecule has 2 heteroatoms. The molecule has 44 heavy (non-hydrogen) atoms. The van der Waals surface area contributed by atoms with E-state index in [1.165, 1.54) is 81.4 Å². The van der Waals surface area contributed by atoms with Crippen LogP contribution in [0.1, 0.15) is 79.7 Å². The van der Waals surface area contributed by atoms with Gasteiger partial charge in [-0.2, -0.15) is 0 Å². The maximum Gasteiger partial charge on any atom is 0.0594 e. The van der Waals surface area contributed by atoms with Crippen molar-refractivity contribution < 1.29 is 0 Å². The molecule has 0 unspecified atom stereocenters. The average Bonchev–Trinajstić information content (AvgIpc) is 3.72. The van der Waals surface area contributed by atoms with Gasteiger partial charge in [-0.3, -0.25) is 0 Å². The molecule has 0 radical (unpaired) electrons. The molecule has 0 bridgehead atoms. The van der Waals surface area contributed by atoms with Gasteiger partial charge in [0.1, 0.15) is 0 Å². The third kappa shape index (κ3) is 2.91. The minimum Gasteiger partial charge on any atom is -0.309 e. The Morgan fingerprint density at radius 3 is 2.43 bits per heavy atom. The van der Waals surface area contributed by atoms with Crippen molar-refractivity contribution in [2.24, 2.45) is 0 Å². The van der Waals surface area contributed by atoms with Crippen LogP contribution in [0.25, 0.3) is 60.4 Å². The van der Waals surface area contributed by atoms with Gasteiger partial charge in [-0.05, 0) is 94.5 Å². The summed E-state index contributed by atoms with van der Waals surface area (Å²) in [5.74, 6) is 0. The van der Waals surface area contributed by atoms with Crippen molar-refractivity contribution in [3.8, 4) is 16.8 Å². The Hall–Kier alpha value is -4.14. The quantitative estimate of drug-likeness (QED) is 0.181. The Balaban J connectivity index is 1.44. The van der Waals surface area contributed by atoms with Crippen LogP contribution in [0.2, 0.25) is 0 Å². The molecule has 2 heterocycles. The monoisotopic (exact) mass is 585 g/mol. The summed E-state index contributed by atoms with van der Waals surface area (Å²) in [6.45, 7) is 9.91. The lowest BCUT2D eigenvalue weighted by Crippen LogP contribution is -2.21. The van der Waals surface area contributed by atoms with Crippen molar-refractivity contribution in [2.75, 3.05) is 0 Å². The molecule has 2 aromatic heterocycles. The van der Waals surface area contributed by atoms with E-state index >= 15 is 0 Å². The third-order valence-corrected chi connectivity index (χ3v) is 12.5. The number of aryl methyl sites for hydroxylation is 1. The highest BCUT2D eigenvalue weighted by Crippen LogP contribution is 2.63. The molecule has 4 aliphatic rings. The summed E-state index contributed by atoms with van der Waals surface area (Å²) >= 11 is 1.98. The number of benzene rings is 4. The summed E-state index contributed by atoms with van der Waals surface area (Å²) in [7, 11) is 0. The zero-order valence-electron chi connectivity index (χ0n) is 25.8. The van der Waals surface area contributed by atoms with Gasteiger partial charge in [-0.1, -0.05) is 100 Å². The standard InChI is InChI=1S/C42H35NS/c1-41(2)30-17-9-5-14-26(30)35-36-28-16-7-11-19-32(28)43(24-21-22-34-29(23-24)25-13-8-12-20-33(25)44-34)40(36)39-37(38(35)41)27-15-6-10-18-31(27)42(39,3)4/h5-8,10-11,13-16,18-19,21-23H,9,12,17,20H2,1-4H3. The SMILES string of the molecule is CC1(C)C2=C(C=CCC2)c2c1c1c(c3c2c2ccccc2n3-c2ccc3sc4c(c3c2)C=CCC4)C(C)(C)c2ccccc2-1. The van der Waals surface area contributed by atoms with Crippen LogP contribution in [0.15, 0.2) is 90.5 Å². The second-order valence-corrected chi connectivity index (χ2v) is 15.4. The molecule has 4 aliphatic carbocycles. The van der Waals surface area contributed by atoms with Crippen LogP contribution in [0.4, 0.5) is 0 Å². The van der Waals surface area contributed by atoms with Gasteiger partial charge < -0.3 is 4.57 Å². The van der Waals surface area contributed by atoms with Gasteiger partial charge in [-0.15, -0.1) is 11.3 Å². The van der Waals surface area contributed by atoms with E-state index in [2.05, 4.69) is 123 Å². The third-order valence-electron chi connectivity index (χ3n) is 11.3. The minimum atomic E-state index is -0.130. The number of thiophene rings is 1. The van der Waals surface area contributed by atoms with Crippen LogP contribution >= 0.6 is 11.3 Å². The molecule has 0 saturated heterocycles. The van der Waals surface area contributed by atoms with Crippen LogP contribution in [0.5, 0.6) is 0 Å². The van der Waals surface area contributed by atoms with E-state index in [1.807, 2.05) is 11.3 Å². The highest BCUT2D eigenvalue weighted by molar-refractivity contribution is 7.19. The van der Waals surface area contributed by atoms with Crippen LogP contribution in [0.3, 0.4) is 0 Å². The fraction of sp³-hybridized carbons (Fsp3) is 0.238. The smallest absolute Gasteiger partial charge is 0.0594 e. The second-order valence-electron chi connectivity index (χ2n) is 14.3. The number of fused-ring (bicyclic) bond motifs is 14. The van der Waals surface area contributed by atoms with Gasteiger partial charge in [0.2, 0.25) is 0 Å². The molecular formula is C42H35NS. The van der Waals surface area contributed by atoms with Crippen molar-refractivity contribution >= 4 is 54.9 Å². The van der Waals surface area contributed by atoms with Gasteiger partial charge >= 0.3 is 0 Å². The average molecular weight is 586 g/mol. The predicted molar refractivity (Wildman–Crippen MR) is 189 cm³/mol. The van der Waals surface area contributed by atoms with Gasteiger partial charge in [-0.25, -0.2) is 0 Å². The van der Waals surface area contributed by atoms with Crippen molar-refractivity contribution in [3.63, 3.8) is 0 Å². The molecule has 214 valence electrons. The highest BCUT2D eigenvalue weighted by Gasteiger charge is 2.48. The van der Waals surface area contributed by atoms with Crippen LogP contribution < -0.4 is 0 Å². The fourth-order valence-corrected chi connectivity index (χ4v) is 10.6. The Kier molecular flexibility index (Phi) is 4.76. The van der Waals surface area contributed by atoms with Crippen molar-refractivity contribution in [3.05, 3.63) is 123 Å². The summed E-state index contributed by atoms with van der Waals surface area (Å²) in [5, 5.41) is 4.20. The summed E-state index contributed by atoms with van der Waals surface area (Å²) < 4.78 is 4.03. The predicted octanol–water partition coefficient (Wildman–Crippen LogP) is 11.7.